The van der Waals surface area contributed by atoms with E-state index in [0.29, 0.717) is 17.7 Å². The summed E-state index contributed by atoms with van der Waals surface area (Å²) < 4.78 is 1.43. The molecule has 1 aliphatic heterocycles. The number of benzene rings is 2. The summed E-state index contributed by atoms with van der Waals surface area (Å²) in [5.74, 6) is 0. The van der Waals surface area contributed by atoms with E-state index >= 15 is 0 Å². The van der Waals surface area contributed by atoms with Crippen molar-refractivity contribution in [3.63, 3.8) is 0 Å². The second-order valence-electron chi connectivity index (χ2n) is 6.54. The van der Waals surface area contributed by atoms with Gasteiger partial charge in [-0.05, 0) is 30.7 Å². The Morgan fingerprint density at radius 3 is 2.64 bits per heavy atom. The number of aryl methyl sites for hydroxylation is 1. The SMILES string of the molecule is CCCc1[nH]n(-c2ccc([N+](=O)[O-])cc2)c(=O)c1/C=C1/C=Nc2ccccc21. The Morgan fingerprint density at radius 1 is 1.18 bits per heavy atom. The number of nitrogens with one attached hydrogen (secondary N) is 1. The van der Waals surface area contributed by atoms with Gasteiger partial charge in [-0.15, -0.1) is 0 Å². The Kier molecular flexibility index (Phi) is 4.49. The van der Waals surface area contributed by atoms with Crippen LogP contribution in [-0.4, -0.2) is 20.9 Å². The number of hydrogen-bond donors (Lipinski definition) is 1. The third kappa shape index (κ3) is 3.07. The van der Waals surface area contributed by atoms with Crippen molar-refractivity contribution in [2.24, 2.45) is 4.99 Å². The predicted octanol–water partition coefficient (Wildman–Crippen LogP) is 4.28. The largest absolute Gasteiger partial charge is 0.294 e. The van der Waals surface area contributed by atoms with E-state index in [2.05, 4.69) is 10.1 Å². The molecule has 0 aliphatic carbocycles. The minimum absolute atomic E-state index is 0.0155. The maximum Gasteiger partial charge on any atom is 0.278 e. The van der Waals surface area contributed by atoms with Gasteiger partial charge in [-0.3, -0.25) is 25.0 Å². The van der Waals surface area contributed by atoms with Crippen molar-refractivity contribution in [1.82, 2.24) is 9.78 Å². The molecular formula is C21H18N4O3. The predicted molar refractivity (Wildman–Crippen MR) is 110 cm³/mol. The molecule has 0 radical (unpaired) electrons. The van der Waals surface area contributed by atoms with E-state index in [9.17, 15) is 14.9 Å². The minimum Gasteiger partial charge on any atom is -0.294 e. The number of nitro groups is 1. The van der Waals surface area contributed by atoms with E-state index in [1.807, 2.05) is 37.3 Å². The number of non-ortho nitro benzene ring substituents is 1. The summed E-state index contributed by atoms with van der Waals surface area (Å²) in [6, 6.07) is 13.7. The highest BCUT2D eigenvalue weighted by Crippen LogP contribution is 2.32. The van der Waals surface area contributed by atoms with Crippen LogP contribution in [0.1, 0.15) is 30.2 Å². The fourth-order valence-corrected chi connectivity index (χ4v) is 3.30. The molecule has 0 amide bonds. The van der Waals surface area contributed by atoms with Gasteiger partial charge in [0.2, 0.25) is 0 Å². The first-order valence-corrected chi connectivity index (χ1v) is 9.02. The molecule has 28 heavy (non-hydrogen) atoms. The van der Waals surface area contributed by atoms with Gasteiger partial charge in [-0.1, -0.05) is 31.5 Å². The summed E-state index contributed by atoms with van der Waals surface area (Å²) in [4.78, 5) is 27.9. The Hall–Kier alpha value is -3.74. The number of rotatable bonds is 5. The van der Waals surface area contributed by atoms with Crippen molar-refractivity contribution >= 4 is 29.2 Å². The monoisotopic (exact) mass is 374 g/mol. The molecule has 7 heteroatoms. The Balaban J connectivity index is 1.80. The van der Waals surface area contributed by atoms with Crippen molar-refractivity contribution in [3.05, 3.63) is 85.8 Å². The summed E-state index contributed by atoms with van der Waals surface area (Å²) >= 11 is 0. The van der Waals surface area contributed by atoms with Gasteiger partial charge in [0.25, 0.3) is 11.2 Å². The number of aliphatic imine (C=N–C) groups is 1. The van der Waals surface area contributed by atoms with Crippen LogP contribution in [0, 0.1) is 10.1 Å². The van der Waals surface area contributed by atoms with E-state index in [-0.39, 0.29) is 11.2 Å². The molecule has 0 saturated carbocycles. The number of allylic oxidation sites excluding steroid dienone is 1. The number of nitro benzene ring substituents is 1. The molecular weight excluding hydrogens is 356 g/mol. The lowest BCUT2D eigenvalue weighted by atomic mass is 10.0. The summed E-state index contributed by atoms with van der Waals surface area (Å²) in [6.07, 6.45) is 5.22. The lowest BCUT2D eigenvalue weighted by Crippen LogP contribution is -2.16. The first-order chi connectivity index (χ1) is 13.6. The van der Waals surface area contributed by atoms with Crippen molar-refractivity contribution < 1.29 is 4.92 Å². The molecule has 0 unspecified atom stereocenters. The molecule has 7 nitrogen and oxygen atoms in total. The van der Waals surface area contributed by atoms with Crippen molar-refractivity contribution in [2.75, 3.05) is 0 Å². The normalized spacial score (nSPS) is 13.8. The average molecular weight is 374 g/mol. The van der Waals surface area contributed by atoms with Crippen LogP contribution >= 0.6 is 0 Å². The summed E-state index contributed by atoms with van der Waals surface area (Å²) in [5, 5.41) is 14.0. The van der Waals surface area contributed by atoms with Crippen LogP contribution in [-0.2, 0) is 6.42 Å². The highest BCUT2D eigenvalue weighted by Gasteiger charge is 2.17. The molecule has 1 aliphatic rings. The highest BCUT2D eigenvalue weighted by molar-refractivity contribution is 6.21. The van der Waals surface area contributed by atoms with Gasteiger partial charge in [0.05, 0.1) is 21.9 Å². The van der Waals surface area contributed by atoms with Gasteiger partial charge < -0.3 is 0 Å². The van der Waals surface area contributed by atoms with Crippen molar-refractivity contribution in [1.29, 1.82) is 0 Å². The standard InChI is InChI=1S/C21H18N4O3/c1-2-5-20-18(12-14-13-22-19-7-4-3-6-17(14)19)21(26)24(23-20)15-8-10-16(11-9-15)25(27)28/h3-4,6-13,23H,2,5H2,1H3/b14-12-. The molecule has 1 N–H and O–H groups in total. The Labute approximate surface area is 160 Å². The number of H-pyrrole nitrogens is 1. The summed E-state index contributed by atoms with van der Waals surface area (Å²) in [6.45, 7) is 2.05. The topological polar surface area (TPSA) is 93.3 Å². The van der Waals surface area contributed by atoms with Gasteiger partial charge in [-0.25, -0.2) is 4.68 Å². The first kappa shape index (κ1) is 17.7. The van der Waals surface area contributed by atoms with E-state index in [1.54, 1.807) is 18.3 Å². The Morgan fingerprint density at radius 2 is 1.93 bits per heavy atom. The lowest BCUT2D eigenvalue weighted by molar-refractivity contribution is -0.384. The molecule has 0 bridgehead atoms. The molecule has 0 fully saturated rings. The first-order valence-electron chi connectivity index (χ1n) is 9.02. The van der Waals surface area contributed by atoms with E-state index in [4.69, 9.17) is 0 Å². The number of aromatic nitrogens is 2. The lowest BCUT2D eigenvalue weighted by Gasteiger charge is -2.01. The molecule has 0 spiro atoms. The Bertz CT molecular complexity index is 1170. The number of para-hydroxylation sites is 1. The molecule has 3 aromatic rings. The number of hydrogen-bond acceptors (Lipinski definition) is 4. The molecule has 1 aromatic heterocycles. The summed E-state index contributed by atoms with van der Waals surface area (Å²) in [5.41, 5.74) is 4.53. The van der Waals surface area contributed by atoms with E-state index < -0.39 is 4.92 Å². The van der Waals surface area contributed by atoms with Gasteiger partial charge in [-0.2, -0.15) is 0 Å². The fraction of sp³-hybridized carbons (Fsp3) is 0.143. The summed E-state index contributed by atoms with van der Waals surface area (Å²) in [7, 11) is 0. The second kappa shape index (κ2) is 7.11. The molecule has 2 aromatic carbocycles. The number of nitrogens with zero attached hydrogens (tertiary/aromatic N) is 3. The average Bonchev–Trinajstić information content (AvgIpc) is 3.25. The fourth-order valence-electron chi connectivity index (χ4n) is 3.30. The third-order valence-electron chi connectivity index (χ3n) is 4.68. The number of fused-ring (bicyclic) bond motifs is 1. The smallest absolute Gasteiger partial charge is 0.278 e. The van der Waals surface area contributed by atoms with Gasteiger partial charge in [0.15, 0.2) is 0 Å². The minimum atomic E-state index is -0.462. The number of aromatic amines is 1. The van der Waals surface area contributed by atoms with Crippen LogP contribution in [0.2, 0.25) is 0 Å². The third-order valence-corrected chi connectivity index (χ3v) is 4.68. The molecule has 0 atom stereocenters. The van der Waals surface area contributed by atoms with Gasteiger partial charge >= 0.3 is 0 Å². The zero-order chi connectivity index (χ0) is 19.7. The van der Waals surface area contributed by atoms with Crippen LogP contribution in [0.3, 0.4) is 0 Å². The molecule has 4 rings (SSSR count). The van der Waals surface area contributed by atoms with Gasteiger partial charge in [0.1, 0.15) is 0 Å². The van der Waals surface area contributed by atoms with Crippen LogP contribution < -0.4 is 5.56 Å². The second-order valence-corrected chi connectivity index (χ2v) is 6.54. The van der Waals surface area contributed by atoms with Crippen LogP contribution in [0.15, 0.2) is 58.3 Å². The van der Waals surface area contributed by atoms with E-state index in [1.165, 1.54) is 16.8 Å². The van der Waals surface area contributed by atoms with Crippen LogP contribution in [0.25, 0.3) is 17.3 Å². The zero-order valence-corrected chi connectivity index (χ0v) is 15.3. The molecule has 2 heterocycles. The van der Waals surface area contributed by atoms with Crippen molar-refractivity contribution in [2.45, 2.75) is 19.8 Å². The quantitative estimate of drug-likeness (QED) is 0.533. The van der Waals surface area contributed by atoms with Crippen LogP contribution in [0.4, 0.5) is 11.4 Å². The highest BCUT2D eigenvalue weighted by atomic mass is 16.6. The van der Waals surface area contributed by atoms with Crippen molar-refractivity contribution in [3.8, 4) is 5.69 Å². The molecule has 0 saturated heterocycles. The maximum absolute atomic E-state index is 13.1. The van der Waals surface area contributed by atoms with Gasteiger partial charge in [0, 0.05) is 35.2 Å². The zero-order valence-electron chi connectivity index (χ0n) is 15.3. The maximum atomic E-state index is 13.1. The van der Waals surface area contributed by atoms with Crippen LogP contribution in [0.5, 0.6) is 0 Å². The molecule has 140 valence electrons. The van der Waals surface area contributed by atoms with E-state index in [0.717, 1.165) is 28.9 Å².